The van der Waals surface area contributed by atoms with Crippen LogP contribution in [-0.2, 0) is 0 Å². The number of ether oxygens (including phenoxy) is 2. The summed E-state index contributed by atoms with van der Waals surface area (Å²) in [4.78, 5) is 34.7. The summed E-state index contributed by atoms with van der Waals surface area (Å²) in [7, 11) is 1.55. The molecule has 2 heterocycles. The summed E-state index contributed by atoms with van der Waals surface area (Å²) in [6.07, 6.45) is 3.85. The third kappa shape index (κ3) is 3.33. The van der Waals surface area contributed by atoms with Crippen molar-refractivity contribution in [2.75, 3.05) is 20.3 Å². The highest BCUT2D eigenvalue weighted by Gasteiger charge is 2.34. The van der Waals surface area contributed by atoms with E-state index < -0.39 is 0 Å². The number of nitrogens with two attached hydrogens (primary N) is 1. The van der Waals surface area contributed by atoms with E-state index in [9.17, 15) is 9.59 Å². The van der Waals surface area contributed by atoms with Gasteiger partial charge in [-0.2, -0.15) is 0 Å². The summed E-state index contributed by atoms with van der Waals surface area (Å²) in [5.41, 5.74) is 8.47. The minimum Gasteiger partial charge on any atom is -0.493 e. The molecule has 3 aromatic rings. The molecule has 0 spiro atoms. The molecule has 0 bridgehead atoms. The summed E-state index contributed by atoms with van der Waals surface area (Å²) in [5, 5.41) is 0. The van der Waals surface area contributed by atoms with E-state index in [1.165, 1.54) is 6.20 Å². The van der Waals surface area contributed by atoms with Crippen LogP contribution in [0.4, 0.5) is 0 Å². The molecule has 2 N–H and O–H groups in total. The van der Waals surface area contributed by atoms with Crippen molar-refractivity contribution in [2.24, 2.45) is 5.73 Å². The van der Waals surface area contributed by atoms with Crippen LogP contribution in [-0.4, -0.2) is 41.8 Å². The lowest BCUT2D eigenvalue weighted by atomic mass is 9.85. The van der Waals surface area contributed by atoms with Crippen LogP contribution in [0.15, 0.2) is 42.7 Å². The molecule has 1 aromatic carbocycles. The van der Waals surface area contributed by atoms with E-state index in [4.69, 9.17) is 15.2 Å². The Bertz CT molecular complexity index is 1160. The van der Waals surface area contributed by atoms with Crippen molar-refractivity contribution in [2.45, 2.75) is 13.3 Å². The predicted molar refractivity (Wildman–Crippen MR) is 111 cm³/mol. The number of nitrogens with zero attached hydrogens (tertiary/aromatic N) is 2. The molecule has 0 amide bonds. The van der Waals surface area contributed by atoms with Crippen molar-refractivity contribution in [3.63, 3.8) is 0 Å². The molecule has 0 saturated heterocycles. The van der Waals surface area contributed by atoms with E-state index in [1.54, 1.807) is 37.6 Å². The standard InChI is InChI=1S/C23H21N3O4/c1-13-10-16-20(26-12-13)23(28)19-15(6-8-25-21(19)22(16)27)14-4-5-17(18(11-14)29-2)30-9-3-7-24/h4-6,8,10-12H,3,7,9,24H2,1-2H3. The van der Waals surface area contributed by atoms with E-state index in [0.717, 1.165) is 12.0 Å². The van der Waals surface area contributed by atoms with Gasteiger partial charge in [0.1, 0.15) is 11.4 Å². The molecule has 30 heavy (non-hydrogen) atoms. The van der Waals surface area contributed by atoms with Gasteiger partial charge >= 0.3 is 0 Å². The van der Waals surface area contributed by atoms with Gasteiger partial charge in [0.05, 0.1) is 24.8 Å². The van der Waals surface area contributed by atoms with Gasteiger partial charge in [0.25, 0.3) is 0 Å². The first-order chi connectivity index (χ1) is 14.5. The second-order valence-electron chi connectivity index (χ2n) is 7.01. The van der Waals surface area contributed by atoms with Gasteiger partial charge in [0, 0.05) is 12.4 Å². The highest BCUT2D eigenvalue weighted by atomic mass is 16.5. The number of pyridine rings is 2. The van der Waals surface area contributed by atoms with Gasteiger partial charge in [-0.25, -0.2) is 0 Å². The third-order valence-electron chi connectivity index (χ3n) is 4.96. The zero-order chi connectivity index (χ0) is 21.3. The van der Waals surface area contributed by atoms with Crippen molar-refractivity contribution in [3.05, 3.63) is 70.8 Å². The van der Waals surface area contributed by atoms with Gasteiger partial charge in [-0.15, -0.1) is 0 Å². The second kappa shape index (κ2) is 8.04. The summed E-state index contributed by atoms with van der Waals surface area (Å²) >= 11 is 0. The Kier molecular flexibility index (Phi) is 5.29. The second-order valence-corrected chi connectivity index (χ2v) is 7.01. The van der Waals surface area contributed by atoms with Crippen molar-refractivity contribution in [1.82, 2.24) is 9.97 Å². The number of carbonyl (C=O) groups is 2. The lowest BCUT2D eigenvalue weighted by Crippen LogP contribution is -2.24. The molecule has 7 heteroatoms. The Labute approximate surface area is 173 Å². The Morgan fingerprint density at radius 2 is 1.80 bits per heavy atom. The number of benzene rings is 1. The summed E-state index contributed by atoms with van der Waals surface area (Å²) in [6, 6.07) is 8.78. The maximum Gasteiger partial charge on any atom is 0.215 e. The zero-order valence-electron chi connectivity index (χ0n) is 16.8. The van der Waals surface area contributed by atoms with Crippen LogP contribution in [0.5, 0.6) is 11.5 Å². The highest BCUT2D eigenvalue weighted by Crippen LogP contribution is 2.37. The fourth-order valence-corrected chi connectivity index (χ4v) is 3.49. The van der Waals surface area contributed by atoms with Crippen LogP contribution in [0.3, 0.4) is 0 Å². The van der Waals surface area contributed by atoms with E-state index in [2.05, 4.69) is 9.97 Å². The molecule has 0 aliphatic heterocycles. The lowest BCUT2D eigenvalue weighted by molar-refractivity contribution is 0.0972. The van der Waals surface area contributed by atoms with Crippen LogP contribution in [0.2, 0.25) is 0 Å². The molecule has 0 fully saturated rings. The average molecular weight is 403 g/mol. The maximum atomic E-state index is 13.2. The van der Waals surface area contributed by atoms with Crippen LogP contribution in [0.1, 0.15) is 44.1 Å². The van der Waals surface area contributed by atoms with Gasteiger partial charge in [-0.1, -0.05) is 6.07 Å². The molecule has 0 atom stereocenters. The normalized spacial score (nSPS) is 12.4. The summed E-state index contributed by atoms with van der Waals surface area (Å²) in [6.45, 7) is 2.84. The van der Waals surface area contributed by atoms with Gasteiger partial charge in [0.2, 0.25) is 11.6 Å². The van der Waals surface area contributed by atoms with Crippen LogP contribution in [0.25, 0.3) is 11.1 Å². The Morgan fingerprint density at radius 1 is 0.967 bits per heavy atom. The minimum atomic E-state index is -0.315. The number of hydrogen-bond donors (Lipinski definition) is 1. The van der Waals surface area contributed by atoms with Gasteiger partial charge in [-0.05, 0) is 60.8 Å². The topological polar surface area (TPSA) is 104 Å². The van der Waals surface area contributed by atoms with Gasteiger partial charge in [-0.3, -0.25) is 19.6 Å². The van der Waals surface area contributed by atoms with E-state index in [1.807, 2.05) is 13.0 Å². The molecule has 152 valence electrons. The number of hydrogen-bond acceptors (Lipinski definition) is 7. The predicted octanol–water partition coefficient (Wildman–Crippen LogP) is 2.96. The largest absolute Gasteiger partial charge is 0.493 e. The number of carbonyl (C=O) groups excluding carboxylic acids is 2. The minimum absolute atomic E-state index is 0.139. The molecule has 4 rings (SSSR count). The molecule has 2 aromatic heterocycles. The van der Waals surface area contributed by atoms with Crippen molar-refractivity contribution in [3.8, 4) is 22.6 Å². The summed E-state index contributed by atoms with van der Waals surface area (Å²) in [5.74, 6) is 0.498. The number of ketones is 2. The van der Waals surface area contributed by atoms with Gasteiger partial charge < -0.3 is 15.2 Å². The smallest absolute Gasteiger partial charge is 0.215 e. The number of fused-ring (bicyclic) bond motifs is 2. The molecule has 0 unspecified atom stereocenters. The molecule has 1 aliphatic rings. The number of rotatable bonds is 6. The molecular formula is C23H21N3O4. The number of aryl methyl sites for hydroxylation is 1. The molecule has 1 aliphatic carbocycles. The first-order valence-corrected chi connectivity index (χ1v) is 9.61. The molecule has 0 saturated carbocycles. The number of methoxy groups -OCH3 is 1. The van der Waals surface area contributed by atoms with Crippen LogP contribution >= 0.6 is 0 Å². The molecular weight excluding hydrogens is 382 g/mol. The van der Waals surface area contributed by atoms with Crippen LogP contribution in [0, 0.1) is 6.92 Å². The van der Waals surface area contributed by atoms with Crippen molar-refractivity contribution in [1.29, 1.82) is 0 Å². The lowest BCUT2D eigenvalue weighted by Gasteiger charge is -2.19. The number of aromatic nitrogens is 2. The average Bonchev–Trinajstić information content (AvgIpc) is 2.77. The third-order valence-corrected chi connectivity index (χ3v) is 4.96. The SMILES string of the molecule is COc1cc(-c2ccnc3c2C(=O)c2ncc(C)cc2C3=O)ccc1OCCCN. The Hall–Kier alpha value is -3.58. The Morgan fingerprint density at radius 3 is 2.57 bits per heavy atom. The summed E-state index contributed by atoms with van der Waals surface area (Å²) < 4.78 is 11.2. The van der Waals surface area contributed by atoms with Crippen LogP contribution < -0.4 is 15.2 Å². The maximum absolute atomic E-state index is 13.2. The van der Waals surface area contributed by atoms with E-state index >= 15 is 0 Å². The fraction of sp³-hybridized carbons (Fsp3) is 0.217. The quantitative estimate of drug-likeness (QED) is 0.494. The monoisotopic (exact) mass is 403 g/mol. The first kappa shape index (κ1) is 19.7. The Balaban J connectivity index is 1.80. The van der Waals surface area contributed by atoms with Crippen molar-refractivity contribution < 1.29 is 19.1 Å². The molecule has 7 nitrogen and oxygen atoms in total. The molecule has 0 radical (unpaired) electrons. The first-order valence-electron chi connectivity index (χ1n) is 9.61. The van der Waals surface area contributed by atoms with E-state index in [0.29, 0.717) is 41.3 Å². The van der Waals surface area contributed by atoms with Gasteiger partial charge in [0.15, 0.2) is 11.5 Å². The fourth-order valence-electron chi connectivity index (χ4n) is 3.49. The van der Waals surface area contributed by atoms with E-state index in [-0.39, 0.29) is 28.5 Å². The zero-order valence-corrected chi connectivity index (χ0v) is 16.8. The highest BCUT2D eigenvalue weighted by molar-refractivity contribution is 6.28. The van der Waals surface area contributed by atoms with Crippen molar-refractivity contribution >= 4 is 11.6 Å².